The van der Waals surface area contributed by atoms with Crippen LogP contribution >= 0.6 is 0 Å². The first-order valence-corrected chi connectivity index (χ1v) is 7.27. The molecule has 0 amide bonds. The van der Waals surface area contributed by atoms with Crippen LogP contribution in [-0.4, -0.2) is 10.2 Å². The first kappa shape index (κ1) is 15.1. The van der Waals surface area contributed by atoms with Gasteiger partial charge in [-0.1, -0.05) is 12.1 Å². The van der Waals surface area contributed by atoms with Gasteiger partial charge in [-0.2, -0.15) is 0 Å². The summed E-state index contributed by atoms with van der Waals surface area (Å²) in [5, 5.41) is 23.0. The molecule has 0 bridgehead atoms. The number of aryl methyl sites for hydroxylation is 1. The van der Waals surface area contributed by atoms with Gasteiger partial charge in [-0.25, -0.2) is 4.79 Å². The van der Waals surface area contributed by atoms with Crippen LogP contribution in [0.15, 0.2) is 51.7 Å². The molecule has 0 saturated carbocycles. The second kappa shape index (κ2) is 6.14. The van der Waals surface area contributed by atoms with Crippen molar-refractivity contribution in [3.63, 3.8) is 0 Å². The van der Waals surface area contributed by atoms with Gasteiger partial charge in [0, 0.05) is 29.2 Å². The molecule has 5 heteroatoms. The molecule has 1 aromatic heterocycles. The third-order valence-corrected chi connectivity index (χ3v) is 3.81. The van der Waals surface area contributed by atoms with Crippen molar-refractivity contribution in [1.82, 2.24) is 0 Å². The Hall–Kier alpha value is -2.79. The van der Waals surface area contributed by atoms with E-state index in [1.165, 1.54) is 6.07 Å². The van der Waals surface area contributed by atoms with E-state index in [4.69, 9.17) is 4.42 Å². The van der Waals surface area contributed by atoms with Crippen LogP contribution in [0.2, 0.25) is 0 Å². The average Bonchev–Trinajstić information content (AvgIpc) is 2.56. The number of rotatable bonds is 4. The summed E-state index contributed by atoms with van der Waals surface area (Å²) in [4.78, 5) is 11.8. The summed E-state index contributed by atoms with van der Waals surface area (Å²) in [6.45, 7) is 2.12. The number of aromatic hydroxyl groups is 1. The van der Waals surface area contributed by atoms with Crippen LogP contribution in [0, 0.1) is 6.92 Å². The number of fused-ring (bicyclic) bond motifs is 1. The number of aliphatic hydroxyl groups is 1. The van der Waals surface area contributed by atoms with Gasteiger partial charge >= 0.3 is 5.63 Å². The highest BCUT2D eigenvalue weighted by molar-refractivity contribution is 5.85. The van der Waals surface area contributed by atoms with E-state index in [0.717, 1.165) is 22.2 Å². The van der Waals surface area contributed by atoms with Gasteiger partial charge in [-0.15, -0.1) is 0 Å². The second-order valence-corrected chi connectivity index (χ2v) is 5.39. The highest BCUT2D eigenvalue weighted by atomic mass is 16.4. The Balaban J connectivity index is 1.96. The maximum atomic E-state index is 11.8. The van der Waals surface area contributed by atoms with Gasteiger partial charge in [-0.3, -0.25) is 0 Å². The van der Waals surface area contributed by atoms with E-state index in [9.17, 15) is 15.0 Å². The fraction of sp³-hybridized carbons (Fsp3) is 0.167. The van der Waals surface area contributed by atoms with Crippen LogP contribution in [0.5, 0.6) is 5.75 Å². The zero-order chi connectivity index (χ0) is 16.4. The zero-order valence-electron chi connectivity index (χ0n) is 12.7. The summed E-state index contributed by atoms with van der Waals surface area (Å²) in [6, 6.07) is 12.2. The smallest absolute Gasteiger partial charge is 0.336 e. The quantitative estimate of drug-likeness (QED) is 0.645. The number of hydrogen-bond donors (Lipinski definition) is 3. The topological polar surface area (TPSA) is 82.7 Å². The summed E-state index contributed by atoms with van der Waals surface area (Å²) < 4.78 is 5.23. The first-order valence-electron chi connectivity index (χ1n) is 7.27. The van der Waals surface area contributed by atoms with E-state index < -0.39 is 5.63 Å². The normalized spacial score (nSPS) is 10.9. The van der Waals surface area contributed by atoms with Crippen molar-refractivity contribution in [2.75, 3.05) is 5.32 Å². The molecular formula is C18H17NO4. The monoisotopic (exact) mass is 311 g/mol. The van der Waals surface area contributed by atoms with Crippen molar-refractivity contribution in [3.8, 4) is 5.75 Å². The zero-order valence-corrected chi connectivity index (χ0v) is 12.7. The molecule has 0 aliphatic rings. The maximum Gasteiger partial charge on any atom is 0.336 e. The van der Waals surface area contributed by atoms with Gasteiger partial charge in [0.25, 0.3) is 0 Å². The number of anilines is 1. The third-order valence-electron chi connectivity index (χ3n) is 3.81. The maximum absolute atomic E-state index is 11.8. The number of hydrogen-bond acceptors (Lipinski definition) is 5. The Kier molecular flexibility index (Phi) is 4.04. The molecule has 0 fully saturated rings. The minimum atomic E-state index is -0.452. The number of nitrogens with one attached hydrogen (secondary N) is 1. The fourth-order valence-electron chi connectivity index (χ4n) is 2.54. The van der Waals surface area contributed by atoms with Gasteiger partial charge in [0.05, 0.1) is 6.61 Å². The highest BCUT2D eigenvalue weighted by Crippen LogP contribution is 2.27. The van der Waals surface area contributed by atoms with Crippen LogP contribution in [0.4, 0.5) is 5.69 Å². The average molecular weight is 311 g/mol. The predicted octanol–water partition coefficient (Wildman–Crippen LogP) is 2.91. The first-order chi connectivity index (χ1) is 11.1. The summed E-state index contributed by atoms with van der Waals surface area (Å²) in [5.41, 5.74) is 2.95. The Labute approximate surface area is 132 Å². The van der Waals surface area contributed by atoms with E-state index in [0.29, 0.717) is 17.7 Å². The van der Waals surface area contributed by atoms with E-state index in [-0.39, 0.29) is 12.4 Å². The van der Waals surface area contributed by atoms with Crippen molar-refractivity contribution in [2.45, 2.75) is 20.1 Å². The van der Waals surface area contributed by atoms with E-state index in [2.05, 4.69) is 5.32 Å². The van der Waals surface area contributed by atoms with Crippen LogP contribution in [0.25, 0.3) is 11.0 Å². The molecule has 0 spiro atoms. The van der Waals surface area contributed by atoms with E-state index in [1.54, 1.807) is 19.1 Å². The van der Waals surface area contributed by atoms with Crippen molar-refractivity contribution in [2.24, 2.45) is 0 Å². The summed E-state index contributed by atoms with van der Waals surface area (Å²) in [6.07, 6.45) is 0. The summed E-state index contributed by atoms with van der Waals surface area (Å²) in [5.74, 6) is 0.0985. The molecule has 2 aromatic carbocycles. The standard InChI is InChI=1S/C18H17NO4/c1-11-16(21)6-5-15-13(8-17(22)23-18(11)15)9-19-14-4-2-3-12(7-14)10-20/h2-8,19-21H,9-10H2,1H3. The Bertz CT molecular complexity index is 915. The summed E-state index contributed by atoms with van der Waals surface area (Å²) in [7, 11) is 0. The van der Waals surface area contributed by atoms with Gasteiger partial charge in [0.1, 0.15) is 11.3 Å². The van der Waals surface area contributed by atoms with Crippen molar-refractivity contribution >= 4 is 16.7 Å². The van der Waals surface area contributed by atoms with Crippen LogP contribution < -0.4 is 10.9 Å². The highest BCUT2D eigenvalue weighted by Gasteiger charge is 2.10. The van der Waals surface area contributed by atoms with Gasteiger partial charge in [0.2, 0.25) is 0 Å². The minimum absolute atomic E-state index is 0.0220. The van der Waals surface area contributed by atoms with Gasteiger partial charge in [0.15, 0.2) is 0 Å². The molecule has 1 heterocycles. The molecular weight excluding hydrogens is 294 g/mol. The molecule has 0 aliphatic carbocycles. The molecule has 0 radical (unpaired) electrons. The summed E-state index contributed by atoms with van der Waals surface area (Å²) >= 11 is 0. The molecule has 0 saturated heterocycles. The lowest BCUT2D eigenvalue weighted by Crippen LogP contribution is -2.06. The molecule has 0 atom stereocenters. The lowest BCUT2D eigenvalue weighted by molar-refractivity contribution is 0.282. The lowest BCUT2D eigenvalue weighted by atomic mass is 10.1. The predicted molar refractivity (Wildman–Crippen MR) is 88.6 cm³/mol. The molecule has 3 rings (SSSR count). The second-order valence-electron chi connectivity index (χ2n) is 5.39. The Morgan fingerprint density at radius 1 is 1.17 bits per heavy atom. The molecule has 0 aliphatic heterocycles. The molecule has 118 valence electrons. The van der Waals surface area contributed by atoms with Crippen LogP contribution in [-0.2, 0) is 13.2 Å². The number of aliphatic hydroxyl groups excluding tert-OH is 1. The number of phenols is 1. The van der Waals surface area contributed by atoms with E-state index in [1.807, 2.05) is 24.3 Å². The van der Waals surface area contributed by atoms with Gasteiger partial charge < -0.3 is 19.9 Å². The van der Waals surface area contributed by atoms with Crippen molar-refractivity contribution < 1.29 is 14.6 Å². The van der Waals surface area contributed by atoms with Crippen molar-refractivity contribution in [1.29, 1.82) is 0 Å². The van der Waals surface area contributed by atoms with Crippen LogP contribution in [0.3, 0.4) is 0 Å². The minimum Gasteiger partial charge on any atom is -0.508 e. The SMILES string of the molecule is Cc1c(O)ccc2c(CNc3cccc(CO)c3)cc(=O)oc12. The van der Waals surface area contributed by atoms with Crippen molar-refractivity contribution in [3.05, 3.63) is 69.6 Å². The molecule has 5 nitrogen and oxygen atoms in total. The number of benzene rings is 2. The number of phenolic OH excluding ortho intramolecular Hbond substituents is 1. The Morgan fingerprint density at radius 2 is 2.00 bits per heavy atom. The molecule has 3 N–H and O–H groups in total. The fourth-order valence-corrected chi connectivity index (χ4v) is 2.54. The Morgan fingerprint density at radius 3 is 2.78 bits per heavy atom. The van der Waals surface area contributed by atoms with Crippen LogP contribution in [0.1, 0.15) is 16.7 Å². The third kappa shape index (κ3) is 3.05. The van der Waals surface area contributed by atoms with Gasteiger partial charge in [-0.05, 0) is 42.3 Å². The molecule has 23 heavy (non-hydrogen) atoms. The lowest BCUT2D eigenvalue weighted by Gasteiger charge is -2.11. The van der Waals surface area contributed by atoms with E-state index >= 15 is 0 Å². The largest absolute Gasteiger partial charge is 0.508 e. The molecule has 0 unspecified atom stereocenters. The molecule has 3 aromatic rings.